The third-order valence-electron chi connectivity index (χ3n) is 5.96. The van der Waals surface area contributed by atoms with E-state index in [1.54, 1.807) is 0 Å². The van der Waals surface area contributed by atoms with E-state index in [-0.39, 0.29) is 30.3 Å². The molecular weight excluding hydrogens is 686 g/mol. The Hall–Kier alpha value is -2.23. The van der Waals surface area contributed by atoms with Crippen LogP contribution in [0, 0.1) is 13.8 Å². The van der Waals surface area contributed by atoms with Gasteiger partial charge in [-0.05, 0) is 11.1 Å². The Morgan fingerprint density at radius 3 is 1.21 bits per heavy atom. The maximum Gasteiger partial charge on any atom is -0.0279 e. The molecule has 0 radical (unpaired) electrons. The summed E-state index contributed by atoms with van der Waals surface area (Å²) in [6.07, 6.45) is 0. The van der Waals surface area contributed by atoms with Crippen molar-refractivity contribution in [2.24, 2.45) is 0 Å². The van der Waals surface area contributed by atoms with Crippen LogP contribution in [-0.2, 0) is 23.0 Å². The molecule has 0 fully saturated rings. The van der Waals surface area contributed by atoms with Crippen LogP contribution in [-0.4, -0.2) is 5.49 Å². The second kappa shape index (κ2) is 15.4. The molecule has 0 unspecified atom stereocenters. The molecule has 0 aromatic heterocycles. The molecule has 0 aliphatic carbocycles. The molecule has 0 aliphatic rings. The average molecular weight is 720 g/mol. The molecule has 192 valence electrons. The van der Waals surface area contributed by atoms with E-state index in [4.69, 9.17) is 0 Å². The molecule has 0 N–H and O–H groups in total. The van der Waals surface area contributed by atoms with E-state index in [1.807, 2.05) is 0 Å². The van der Waals surface area contributed by atoms with Gasteiger partial charge in [0.05, 0.1) is 0 Å². The molecule has 0 spiro atoms. The van der Waals surface area contributed by atoms with Gasteiger partial charge in [0, 0.05) is 0 Å². The minimum atomic E-state index is 0. The van der Waals surface area contributed by atoms with Crippen molar-refractivity contribution < 1.29 is 23.0 Å². The second-order valence-corrected chi connectivity index (χ2v) is 22.2. The molecule has 0 aliphatic heterocycles. The van der Waals surface area contributed by atoms with Crippen molar-refractivity contribution >= 4 is 51.9 Å². The molecule has 0 heterocycles. The quantitative estimate of drug-likeness (QED) is 0.123. The fourth-order valence-electron chi connectivity index (χ4n) is 4.51. The number of halogens is 2. The van der Waals surface area contributed by atoms with Crippen LogP contribution in [0.3, 0.4) is 0 Å². The summed E-state index contributed by atoms with van der Waals surface area (Å²) in [6.45, 7) is 8.96. The maximum absolute atomic E-state index is 2.33. The van der Waals surface area contributed by atoms with Crippen molar-refractivity contribution in [3.05, 3.63) is 132 Å². The minimum absolute atomic E-state index is 0. The van der Waals surface area contributed by atoms with Gasteiger partial charge in [0.15, 0.2) is 0 Å². The number of hydrogen-bond donors (Lipinski definition) is 0. The van der Waals surface area contributed by atoms with Gasteiger partial charge in [-0.3, -0.25) is 0 Å². The Kier molecular flexibility index (Phi) is 12.9. The van der Waals surface area contributed by atoms with Crippen LogP contribution in [0.1, 0.15) is 11.1 Å². The zero-order valence-corrected chi connectivity index (χ0v) is 28.6. The molecule has 4 heteroatoms. The third kappa shape index (κ3) is 8.38. The van der Waals surface area contributed by atoms with Crippen LogP contribution in [0.5, 0.6) is 0 Å². The third-order valence-corrected chi connectivity index (χ3v) is 5.96. The number of aryl methyl sites for hydroxylation is 2. The van der Waals surface area contributed by atoms with Gasteiger partial charge in [-0.2, -0.15) is 12.1 Å². The van der Waals surface area contributed by atoms with E-state index >= 15 is 0 Å². The van der Waals surface area contributed by atoms with Crippen LogP contribution in [0.25, 0.3) is 43.8 Å². The smallest absolute Gasteiger partial charge is 0.0279 e. The molecule has 0 amide bonds. The van der Waals surface area contributed by atoms with Crippen LogP contribution in [0.2, 0.25) is 13.1 Å². The van der Waals surface area contributed by atoms with Crippen LogP contribution in [0.15, 0.2) is 121 Å². The Bertz CT molecular complexity index is 1460. The Labute approximate surface area is 254 Å². The van der Waals surface area contributed by atoms with E-state index in [9.17, 15) is 0 Å². The van der Waals surface area contributed by atoms with Crippen LogP contribution in [0.4, 0.5) is 0 Å². The van der Waals surface area contributed by atoms with Crippen LogP contribution >= 0.6 is 24.8 Å². The number of fused-ring (bicyclic) bond motifs is 2. The van der Waals surface area contributed by atoms with Gasteiger partial charge in [0.1, 0.15) is 0 Å². The van der Waals surface area contributed by atoms with Gasteiger partial charge in [0.2, 0.25) is 0 Å². The minimum Gasteiger partial charge on any atom is -0.165 e. The van der Waals surface area contributed by atoms with Gasteiger partial charge in [0.25, 0.3) is 0 Å². The van der Waals surface area contributed by atoms with Crippen molar-refractivity contribution in [1.29, 1.82) is 0 Å². The number of hydrogen-bond acceptors (Lipinski definition) is 0. The van der Waals surface area contributed by atoms with Crippen LogP contribution < -0.4 is 0 Å². The summed E-state index contributed by atoms with van der Waals surface area (Å²) in [5, 5.41) is 5.37. The Balaban J connectivity index is 0.000000224. The Morgan fingerprint density at radius 1 is 0.526 bits per heavy atom. The summed E-state index contributed by atoms with van der Waals surface area (Å²) in [4.78, 5) is 0. The van der Waals surface area contributed by atoms with Crippen molar-refractivity contribution in [3.8, 4) is 22.3 Å². The van der Waals surface area contributed by atoms with E-state index in [0.717, 1.165) is 0 Å². The van der Waals surface area contributed by atoms with Gasteiger partial charge in [-0.1, -0.05) is 97.8 Å². The molecule has 6 aromatic carbocycles. The number of benzene rings is 4. The standard InChI is InChI=1S/2C16H13.C2H6Si.2ClH.Hf/c2*1-12-10-14-8-5-9-15(16(14)11-12)13-6-3-2-4-7-13;1-3-2;;;/h2*2-11H,1H3;1-2H3;2*1H;/q2*-1;;;;+2. The summed E-state index contributed by atoms with van der Waals surface area (Å²) in [5.41, 5.74) is 8.15. The van der Waals surface area contributed by atoms with E-state index < -0.39 is 0 Å². The second-order valence-electron chi connectivity index (χ2n) is 9.41. The summed E-state index contributed by atoms with van der Waals surface area (Å²) in [5.74, 6) is 0. The van der Waals surface area contributed by atoms with Gasteiger partial charge >= 0.3 is 41.6 Å². The first-order chi connectivity index (χ1) is 17.4. The zero-order valence-electron chi connectivity index (χ0n) is 22.4. The fraction of sp³-hybridized carbons (Fsp3) is 0.118. The molecule has 0 saturated carbocycles. The van der Waals surface area contributed by atoms with E-state index in [1.165, 1.54) is 77.9 Å². The van der Waals surface area contributed by atoms with E-state index in [0.29, 0.717) is 0 Å². The summed E-state index contributed by atoms with van der Waals surface area (Å²) in [6, 6.07) is 43.1. The first-order valence-electron chi connectivity index (χ1n) is 12.4. The summed E-state index contributed by atoms with van der Waals surface area (Å²) < 4.78 is 0. The SMILES string of the molecule is C[Si](C)=[Hf+2].Cc1cc2c(-c3ccccc3)cccc2[cH-]1.Cc1cc2c(-c3ccccc3)cccc2[cH-]1.Cl.Cl. The summed E-state index contributed by atoms with van der Waals surface area (Å²) >= 11 is 1.45. The Morgan fingerprint density at radius 2 is 0.868 bits per heavy atom. The molecular formula is C34H34Cl2HfSi. The molecule has 6 aromatic rings. The molecule has 0 atom stereocenters. The summed E-state index contributed by atoms with van der Waals surface area (Å²) in [7, 11) is 0. The largest absolute Gasteiger partial charge is 0.165 e. The predicted octanol–water partition coefficient (Wildman–Crippen LogP) is 10.7. The van der Waals surface area contributed by atoms with Gasteiger partial charge < -0.3 is 0 Å². The molecule has 0 saturated heterocycles. The van der Waals surface area contributed by atoms with Crippen molar-refractivity contribution in [1.82, 2.24) is 0 Å². The topological polar surface area (TPSA) is 0 Å². The molecule has 0 nitrogen and oxygen atoms in total. The van der Waals surface area contributed by atoms with Crippen molar-refractivity contribution in [2.45, 2.75) is 26.9 Å². The van der Waals surface area contributed by atoms with Crippen molar-refractivity contribution in [2.75, 3.05) is 0 Å². The van der Waals surface area contributed by atoms with E-state index in [2.05, 4.69) is 148 Å². The zero-order chi connectivity index (χ0) is 25.5. The van der Waals surface area contributed by atoms with Gasteiger partial charge in [-0.15, -0.1) is 93.9 Å². The average Bonchev–Trinajstić information content (AvgIpc) is 3.45. The predicted molar refractivity (Wildman–Crippen MR) is 171 cm³/mol. The molecule has 38 heavy (non-hydrogen) atoms. The first kappa shape index (κ1) is 32.0. The number of rotatable bonds is 2. The molecule has 6 rings (SSSR count). The fourth-order valence-corrected chi connectivity index (χ4v) is 4.51. The maximum atomic E-state index is 2.33. The monoisotopic (exact) mass is 720 g/mol. The first-order valence-corrected chi connectivity index (χ1v) is 20.3. The van der Waals surface area contributed by atoms with Gasteiger partial charge in [-0.25, -0.2) is 0 Å². The normalized spacial score (nSPS) is 9.84. The van der Waals surface area contributed by atoms with Crippen molar-refractivity contribution in [3.63, 3.8) is 0 Å². The molecule has 0 bridgehead atoms.